The van der Waals surface area contributed by atoms with Crippen molar-refractivity contribution in [3.8, 4) is 0 Å². The average Bonchev–Trinajstić information content (AvgIpc) is 3.00. The molecule has 1 N–H and O–H groups in total. The number of rotatable bonds is 9. The number of likely N-dealkylation sites (tertiary alicyclic amines) is 1. The molecule has 1 unspecified atom stereocenters. The van der Waals surface area contributed by atoms with Gasteiger partial charge in [0.2, 0.25) is 5.91 Å². The van der Waals surface area contributed by atoms with Crippen LogP contribution in [-0.2, 0) is 19.1 Å². The van der Waals surface area contributed by atoms with Gasteiger partial charge in [0.05, 0.1) is 19.6 Å². The van der Waals surface area contributed by atoms with E-state index in [1.54, 1.807) is 0 Å². The summed E-state index contributed by atoms with van der Waals surface area (Å²) in [4.78, 5) is 24.5. The predicted molar refractivity (Wildman–Crippen MR) is 86.7 cm³/mol. The van der Waals surface area contributed by atoms with Gasteiger partial charge in [0.25, 0.3) is 0 Å². The topological polar surface area (TPSA) is 76.1 Å². The second-order valence-electron chi connectivity index (χ2n) is 5.39. The van der Waals surface area contributed by atoms with E-state index in [9.17, 15) is 9.59 Å². The number of carbonyl (C=O) groups excluding carboxylic acids is 1. The van der Waals surface area contributed by atoms with E-state index in [1.807, 2.05) is 24.8 Å². The van der Waals surface area contributed by atoms with Crippen LogP contribution in [0.5, 0.6) is 0 Å². The number of methoxy groups -OCH3 is 1. The molecule has 0 aromatic rings. The molecule has 1 rings (SSSR count). The molecule has 1 heterocycles. The number of aliphatic carboxylic acids is 1. The van der Waals surface area contributed by atoms with Crippen LogP contribution < -0.4 is 0 Å². The first-order valence-corrected chi connectivity index (χ1v) is 8.12. The van der Waals surface area contributed by atoms with Crippen LogP contribution in [0.2, 0.25) is 0 Å². The SMILES string of the molecule is CC/C=C(OCC1CCCN1C(=O)CC)\C(=C/CC(=O)O)OC. The van der Waals surface area contributed by atoms with Crippen molar-refractivity contribution in [2.75, 3.05) is 20.3 Å². The van der Waals surface area contributed by atoms with Gasteiger partial charge < -0.3 is 19.5 Å². The number of allylic oxidation sites excluding steroid dienone is 1. The minimum absolute atomic E-state index is 0.0697. The van der Waals surface area contributed by atoms with Gasteiger partial charge in [-0.05, 0) is 31.4 Å². The lowest BCUT2D eigenvalue weighted by atomic mass is 10.2. The number of carboxylic acids is 1. The second kappa shape index (κ2) is 9.92. The fourth-order valence-corrected chi connectivity index (χ4v) is 2.61. The van der Waals surface area contributed by atoms with Crippen LogP contribution >= 0.6 is 0 Å². The molecule has 0 aromatic heterocycles. The number of amides is 1. The van der Waals surface area contributed by atoms with Gasteiger partial charge in [-0.1, -0.05) is 13.8 Å². The molecule has 6 nitrogen and oxygen atoms in total. The molecule has 1 fully saturated rings. The lowest BCUT2D eigenvalue weighted by molar-refractivity contribution is -0.136. The van der Waals surface area contributed by atoms with Gasteiger partial charge in [0.1, 0.15) is 6.61 Å². The predicted octanol–water partition coefficient (Wildman–Crippen LogP) is 2.70. The number of carboxylic acid groups (broad SMARTS) is 1. The van der Waals surface area contributed by atoms with Crippen LogP contribution in [0.15, 0.2) is 23.7 Å². The van der Waals surface area contributed by atoms with Crippen LogP contribution in [0.25, 0.3) is 0 Å². The third kappa shape index (κ3) is 5.96. The lowest BCUT2D eigenvalue weighted by Gasteiger charge is -2.25. The third-order valence-corrected chi connectivity index (χ3v) is 3.75. The Kier molecular flexibility index (Phi) is 8.22. The van der Waals surface area contributed by atoms with Crippen LogP contribution in [0.1, 0.15) is 46.0 Å². The number of carbonyl (C=O) groups is 2. The Hall–Kier alpha value is -1.98. The van der Waals surface area contributed by atoms with Gasteiger partial charge in [-0.15, -0.1) is 0 Å². The monoisotopic (exact) mass is 325 g/mol. The Morgan fingerprint density at radius 2 is 2.00 bits per heavy atom. The number of hydrogen-bond donors (Lipinski definition) is 1. The van der Waals surface area contributed by atoms with Gasteiger partial charge in [-0.25, -0.2) is 0 Å². The van der Waals surface area contributed by atoms with Crippen molar-refractivity contribution in [1.29, 1.82) is 0 Å². The van der Waals surface area contributed by atoms with Crippen LogP contribution in [0, 0.1) is 0 Å². The van der Waals surface area contributed by atoms with Gasteiger partial charge in [0, 0.05) is 13.0 Å². The van der Waals surface area contributed by atoms with E-state index in [0.29, 0.717) is 24.5 Å². The molecule has 1 aliphatic rings. The molecule has 0 spiro atoms. The van der Waals surface area contributed by atoms with Crippen molar-refractivity contribution in [1.82, 2.24) is 4.90 Å². The summed E-state index contributed by atoms with van der Waals surface area (Å²) in [6.07, 6.45) is 6.37. The fraction of sp³-hybridized carbons (Fsp3) is 0.647. The first-order chi connectivity index (χ1) is 11.0. The molecule has 0 bridgehead atoms. The van der Waals surface area contributed by atoms with E-state index in [-0.39, 0.29) is 18.4 Å². The van der Waals surface area contributed by atoms with E-state index in [4.69, 9.17) is 14.6 Å². The maximum Gasteiger partial charge on any atom is 0.307 e. The Labute approximate surface area is 137 Å². The van der Waals surface area contributed by atoms with Gasteiger partial charge >= 0.3 is 5.97 Å². The second-order valence-corrected chi connectivity index (χ2v) is 5.39. The summed E-state index contributed by atoms with van der Waals surface area (Å²) >= 11 is 0. The smallest absolute Gasteiger partial charge is 0.307 e. The number of nitrogens with zero attached hydrogens (tertiary/aromatic N) is 1. The molecule has 0 saturated carbocycles. The summed E-state index contributed by atoms with van der Waals surface area (Å²) in [6, 6.07) is 0.0697. The summed E-state index contributed by atoms with van der Waals surface area (Å²) < 4.78 is 11.1. The highest BCUT2D eigenvalue weighted by molar-refractivity contribution is 5.76. The highest BCUT2D eigenvalue weighted by Gasteiger charge is 2.28. The van der Waals surface area contributed by atoms with Crippen LogP contribution in [-0.4, -0.2) is 48.2 Å². The molecular weight excluding hydrogens is 298 g/mol. The van der Waals surface area contributed by atoms with E-state index in [0.717, 1.165) is 25.8 Å². The van der Waals surface area contributed by atoms with E-state index < -0.39 is 5.97 Å². The summed E-state index contributed by atoms with van der Waals surface area (Å²) in [5.41, 5.74) is 0. The first-order valence-electron chi connectivity index (χ1n) is 8.12. The highest BCUT2D eigenvalue weighted by atomic mass is 16.5. The lowest BCUT2D eigenvalue weighted by Crippen LogP contribution is -2.37. The molecule has 0 aliphatic carbocycles. The summed E-state index contributed by atoms with van der Waals surface area (Å²) in [7, 11) is 1.49. The van der Waals surface area contributed by atoms with Gasteiger partial charge in [0.15, 0.2) is 11.5 Å². The van der Waals surface area contributed by atoms with Crippen molar-refractivity contribution in [2.45, 2.75) is 52.0 Å². The molecular formula is C17H27NO5. The van der Waals surface area contributed by atoms with Crippen molar-refractivity contribution in [2.24, 2.45) is 0 Å². The summed E-state index contributed by atoms with van der Waals surface area (Å²) in [5, 5.41) is 8.79. The minimum Gasteiger partial charge on any atom is -0.493 e. The van der Waals surface area contributed by atoms with Gasteiger partial charge in [-0.2, -0.15) is 0 Å². The van der Waals surface area contributed by atoms with Crippen molar-refractivity contribution in [3.63, 3.8) is 0 Å². The fourth-order valence-electron chi connectivity index (χ4n) is 2.61. The number of ether oxygens (including phenoxy) is 2. The van der Waals surface area contributed by atoms with Crippen LogP contribution in [0.3, 0.4) is 0 Å². The van der Waals surface area contributed by atoms with Crippen molar-refractivity contribution in [3.05, 3.63) is 23.7 Å². The molecule has 130 valence electrons. The molecule has 23 heavy (non-hydrogen) atoms. The maximum atomic E-state index is 11.9. The molecule has 0 radical (unpaired) electrons. The van der Waals surface area contributed by atoms with Crippen molar-refractivity contribution >= 4 is 11.9 Å². The Morgan fingerprint density at radius 3 is 2.57 bits per heavy atom. The number of hydrogen-bond acceptors (Lipinski definition) is 4. The molecule has 1 saturated heterocycles. The van der Waals surface area contributed by atoms with Gasteiger partial charge in [-0.3, -0.25) is 9.59 Å². The van der Waals surface area contributed by atoms with Crippen molar-refractivity contribution < 1.29 is 24.2 Å². The first kappa shape index (κ1) is 19.1. The molecule has 6 heteroatoms. The quantitative estimate of drug-likeness (QED) is 0.521. The third-order valence-electron chi connectivity index (χ3n) is 3.75. The van der Waals surface area contributed by atoms with Crippen LogP contribution in [0.4, 0.5) is 0 Å². The Balaban J connectivity index is 2.72. The molecule has 1 amide bonds. The molecule has 1 atom stereocenters. The zero-order valence-corrected chi connectivity index (χ0v) is 14.2. The maximum absolute atomic E-state index is 11.9. The Bertz CT molecular complexity index is 470. The zero-order valence-electron chi connectivity index (χ0n) is 14.2. The normalized spacial score (nSPS) is 18.9. The average molecular weight is 325 g/mol. The summed E-state index contributed by atoms with van der Waals surface area (Å²) in [5.74, 6) is 0.170. The minimum atomic E-state index is -0.925. The van der Waals surface area contributed by atoms with E-state index >= 15 is 0 Å². The summed E-state index contributed by atoms with van der Waals surface area (Å²) in [6.45, 7) is 5.00. The largest absolute Gasteiger partial charge is 0.493 e. The highest BCUT2D eigenvalue weighted by Crippen LogP contribution is 2.21. The molecule has 1 aliphatic heterocycles. The Morgan fingerprint density at radius 1 is 1.26 bits per heavy atom. The van der Waals surface area contributed by atoms with E-state index in [2.05, 4.69) is 0 Å². The zero-order chi connectivity index (χ0) is 17.2. The molecule has 0 aromatic carbocycles. The van der Waals surface area contributed by atoms with E-state index in [1.165, 1.54) is 13.2 Å². The standard InChI is InChI=1S/C17H27NO5/c1-4-7-15(14(22-3)9-10-17(20)21)23-12-13-8-6-11-18(13)16(19)5-2/h7,9,13H,4-6,8,10-12H2,1-3H3,(H,20,21)/b14-9+,15-7+.